The summed E-state index contributed by atoms with van der Waals surface area (Å²) in [4.78, 5) is 22.7. The summed E-state index contributed by atoms with van der Waals surface area (Å²) < 4.78 is 5.04. The zero-order valence-corrected chi connectivity index (χ0v) is 12.1. The Balaban J connectivity index is 2.97. The molecule has 0 saturated heterocycles. The number of carbonyl (C=O) groups excluding carboxylic acids is 2. The van der Waals surface area contributed by atoms with Gasteiger partial charge in [0.15, 0.2) is 0 Å². The number of halogens is 1. The predicted molar refractivity (Wildman–Crippen MR) is 74.9 cm³/mol. The van der Waals surface area contributed by atoms with Gasteiger partial charge in [0.1, 0.15) is 11.1 Å². The average molecular weight is 285 g/mol. The summed E-state index contributed by atoms with van der Waals surface area (Å²) in [7, 11) is 1.48. The molecule has 0 bridgehead atoms. The quantitative estimate of drug-likeness (QED) is 0.838. The Bertz CT molecular complexity index is 478. The molecule has 104 valence electrons. The normalized spacial score (nSPS) is 11.6. The van der Waals surface area contributed by atoms with E-state index in [0.29, 0.717) is 11.4 Å². The van der Waals surface area contributed by atoms with Crippen LogP contribution in [0.4, 0.5) is 10.5 Å². The van der Waals surface area contributed by atoms with Crippen LogP contribution in [0.15, 0.2) is 12.1 Å². The molecular formula is C13H17ClN2O3. The van der Waals surface area contributed by atoms with E-state index in [0.717, 1.165) is 11.1 Å². The minimum atomic E-state index is -0.611. The van der Waals surface area contributed by atoms with Gasteiger partial charge in [0, 0.05) is 12.7 Å². The summed E-state index contributed by atoms with van der Waals surface area (Å²) in [5.74, 6) is 0.152. The summed E-state index contributed by atoms with van der Waals surface area (Å²) >= 11 is 5.71. The fourth-order valence-corrected chi connectivity index (χ4v) is 1.62. The van der Waals surface area contributed by atoms with E-state index < -0.39 is 11.5 Å². The van der Waals surface area contributed by atoms with Crippen molar-refractivity contribution in [3.05, 3.63) is 23.3 Å². The summed E-state index contributed by atoms with van der Waals surface area (Å²) in [6, 6.07) is 3.35. The van der Waals surface area contributed by atoms with E-state index in [-0.39, 0.29) is 5.91 Å². The molecule has 1 aromatic carbocycles. The van der Waals surface area contributed by atoms with Gasteiger partial charge in [-0.2, -0.15) is 0 Å². The lowest BCUT2D eigenvalue weighted by Gasteiger charge is -2.14. The van der Waals surface area contributed by atoms with E-state index in [1.165, 1.54) is 7.05 Å². The molecule has 1 unspecified atom stereocenters. The molecule has 1 atom stereocenters. The molecule has 2 amide bonds. The van der Waals surface area contributed by atoms with Gasteiger partial charge >= 0.3 is 6.09 Å². The Morgan fingerprint density at radius 3 is 2.21 bits per heavy atom. The van der Waals surface area contributed by atoms with Crippen molar-refractivity contribution in [3.8, 4) is 5.75 Å². The molecule has 0 fully saturated rings. The molecule has 0 aliphatic carbocycles. The zero-order valence-electron chi connectivity index (χ0n) is 11.3. The molecule has 0 heterocycles. The van der Waals surface area contributed by atoms with Crippen molar-refractivity contribution in [2.24, 2.45) is 0 Å². The van der Waals surface area contributed by atoms with Crippen molar-refractivity contribution in [3.63, 3.8) is 0 Å². The number of alkyl halides is 1. The van der Waals surface area contributed by atoms with Crippen LogP contribution in [0.25, 0.3) is 0 Å². The monoisotopic (exact) mass is 284 g/mol. The molecule has 0 saturated carbocycles. The Hall–Kier alpha value is -1.75. The highest BCUT2D eigenvalue weighted by Gasteiger charge is 2.14. The first-order valence-electron chi connectivity index (χ1n) is 5.81. The average Bonchev–Trinajstić information content (AvgIpc) is 2.33. The highest BCUT2D eigenvalue weighted by molar-refractivity contribution is 6.32. The minimum Gasteiger partial charge on any atom is -0.410 e. The number of rotatable bonds is 3. The fraction of sp³-hybridized carbons (Fsp3) is 0.385. The maximum atomic E-state index is 11.6. The zero-order chi connectivity index (χ0) is 14.6. The second-order valence-corrected chi connectivity index (χ2v) is 4.83. The van der Waals surface area contributed by atoms with E-state index in [1.807, 2.05) is 13.8 Å². The van der Waals surface area contributed by atoms with E-state index in [4.69, 9.17) is 16.3 Å². The first kappa shape index (κ1) is 15.3. The molecular weight excluding hydrogens is 268 g/mol. The molecule has 6 heteroatoms. The van der Waals surface area contributed by atoms with Crippen LogP contribution in [0.2, 0.25) is 0 Å². The van der Waals surface area contributed by atoms with Gasteiger partial charge in [0.05, 0.1) is 0 Å². The third-order valence-corrected chi connectivity index (χ3v) is 2.73. The highest BCUT2D eigenvalue weighted by Crippen LogP contribution is 2.26. The van der Waals surface area contributed by atoms with Crippen LogP contribution in [0.1, 0.15) is 18.1 Å². The highest BCUT2D eigenvalue weighted by atomic mass is 35.5. The van der Waals surface area contributed by atoms with Crippen LogP contribution in [0.3, 0.4) is 0 Å². The van der Waals surface area contributed by atoms with E-state index in [2.05, 4.69) is 10.6 Å². The number of benzene rings is 1. The molecule has 0 aliphatic heterocycles. The summed E-state index contributed by atoms with van der Waals surface area (Å²) in [5.41, 5.74) is 2.27. The number of hydrogen-bond donors (Lipinski definition) is 2. The number of nitrogens with one attached hydrogen (secondary N) is 2. The topological polar surface area (TPSA) is 67.4 Å². The Morgan fingerprint density at radius 2 is 1.79 bits per heavy atom. The van der Waals surface area contributed by atoms with Gasteiger partial charge in [-0.25, -0.2) is 4.79 Å². The van der Waals surface area contributed by atoms with Gasteiger partial charge in [-0.05, 0) is 44.0 Å². The van der Waals surface area contributed by atoms with Gasteiger partial charge in [-0.3, -0.25) is 4.79 Å². The lowest BCUT2D eigenvalue weighted by molar-refractivity contribution is -0.115. The maximum Gasteiger partial charge on any atom is 0.412 e. The maximum absolute atomic E-state index is 11.6. The minimum absolute atomic E-state index is 0.271. The van der Waals surface area contributed by atoms with Crippen molar-refractivity contribution in [1.82, 2.24) is 5.32 Å². The van der Waals surface area contributed by atoms with Crippen molar-refractivity contribution in [2.75, 3.05) is 12.4 Å². The van der Waals surface area contributed by atoms with Crippen LogP contribution in [0.5, 0.6) is 5.75 Å². The van der Waals surface area contributed by atoms with E-state index >= 15 is 0 Å². The molecule has 2 N–H and O–H groups in total. The molecule has 1 rings (SSSR count). The van der Waals surface area contributed by atoms with Gasteiger partial charge < -0.3 is 15.4 Å². The number of hydrogen-bond acceptors (Lipinski definition) is 3. The predicted octanol–water partition coefficient (Wildman–Crippen LogP) is 2.59. The van der Waals surface area contributed by atoms with Crippen molar-refractivity contribution in [2.45, 2.75) is 26.1 Å². The lowest BCUT2D eigenvalue weighted by atomic mass is 10.1. The molecule has 0 spiro atoms. The smallest absolute Gasteiger partial charge is 0.410 e. The molecule has 0 aliphatic rings. The molecule has 0 radical (unpaired) electrons. The van der Waals surface area contributed by atoms with E-state index in [1.54, 1.807) is 19.1 Å². The number of ether oxygens (including phenoxy) is 1. The SMILES string of the molecule is CNC(=O)Oc1cc(C)c(NC(=O)C(C)Cl)c(C)c1. The van der Waals surface area contributed by atoms with Gasteiger partial charge in [-0.1, -0.05) is 0 Å². The fourth-order valence-electron chi connectivity index (χ4n) is 1.56. The van der Waals surface area contributed by atoms with Crippen molar-refractivity contribution in [1.29, 1.82) is 0 Å². The molecule has 19 heavy (non-hydrogen) atoms. The number of aryl methyl sites for hydroxylation is 2. The van der Waals surface area contributed by atoms with Gasteiger partial charge in [-0.15, -0.1) is 11.6 Å². The van der Waals surface area contributed by atoms with Crippen LogP contribution < -0.4 is 15.4 Å². The third-order valence-electron chi connectivity index (χ3n) is 2.53. The Kier molecular flexibility index (Phi) is 5.18. The first-order chi connectivity index (χ1) is 8.85. The van der Waals surface area contributed by atoms with Gasteiger partial charge in [0.2, 0.25) is 5.91 Å². The van der Waals surface area contributed by atoms with Gasteiger partial charge in [0.25, 0.3) is 0 Å². The van der Waals surface area contributed by atoms with E-state index in [9.17, 15) is 9.59 Å². The van der Waals surface area contributed by atoms with Crippen LogP contribution in [0, 0.1) is 13.8 Å². The van der Waals surface area contributed by atoms with Crippen LogP contribution in [-0.2, 0) is 4.79 Å². The molecule has 5 nitrogen and oxygen atoms in total. The summed E-state index contributed by atoms with van der Waals surface area (Å²) in [5, 5.41) is 4.50. The van der Waals surface area contributed by atoms with Crippen LogP contribution >= 0.6 is 11.6 Å². The number of carbonyl (C=O) groups is 2. The largest absolute Gasteiger partial charge is 0.412 e. The summed E-state index contributed by atoms with van der Waals surface area (Å²) in [6.07, 6.45) is -0.537. The van der Waals surface area contributed by atoms with Crippen molar-refractivity contribution < 1.29 is 14.3 Å². The second-order valence-electron chi connectivity index (χ2n) is 4.18. The first-order valence-corrected chi connectivity index (χ1v) is 6.24. The number of anilines is 1. The molecule has 1 aromatic rings. The Morgan fingerprint density at radius 1 is 1.26 bits per heavy atom. The Labute approximate surface area is 117 Å². The third kappa shape index (κ3) is 4.13. The standard InChI is InChI=1S/C13H17ClN2O3/c1-7-5-10(19-13(18)15-4)6-8(2)11(7)16-12(17)9(3)14/h5-6,9H,1-4H3,(H,15,18)(H,16,17). The summed E-state index contributed by atoms with van der Waals surface area (Å²) in [6.45, 7) is 5.24. The number of amides is 2. The van der Waals surface area contributed by atoms with Crippen molar-refractivity contribution >= 4 is 29.3 Å². The molecule has 0 aromatic heterocycles. The second kappa shape index (κ2) is 6.43. The van der Waals surface area contributed by atoms with Crippen LogP contribution in [-0.4, -0.2) is 24.4 Å². The lowest BCUT2D eigenvalue weighted by Crippen LogP contribution is -2.23.